The molecular weight excluding hydrogens is 241 g/mol. The smallest absolute Gasteiger partial charge is 0.348 e. The summed E-state index contributed by atoms with van der Waals surface area (Å²) in [6, 6.07) is 6.02. The molecule has 88 valence electrons. The van der Waals surface area contributed by atoms with Gasteiger partial charge in [-0.05, 0) is 30.2 Å². The second kappa shape index (κ2) is 4.18. The topological polar surface area (TPSA) is 63.3 Å². The number of thiophene rings is 1. The molecule has 0 aliphatic heterocycles. The van der Waals surface area contributed by atoms with Crippen LogP contribution in [0.5, 0.6) is 0 Å². The summed E-state index contributed by atoms with van der Waals surface area (Å²) >= 11 is 1.06. The minimum atomic E-state index is -1.06. The van der Waals surface area contributed by atoms with Gasteiger partial charge in [0.15, 0.2) is 0 Å². The largest absolute Gasteiger partial charge is 0.477 e. The van der Waals surface area contributed by atoms with Gasteiger partial charge in [-0.1, -0.05) is 12.1 Å². The van der Waals surface area contributed by atoms with Crippen LogP contribution in [-0.4, -0.2) is 11.1 Å². The molecule has 0 aliphatic carbocycles. The van der Waals surface area contributed by atoms with Crippen molar-refractivity contribution < 1.29 is 14.3 Å². The van der Waals surface area contributed by atoms with Crippen LogP contribution in [0, 0.1) is 12.7 Å². The summed E-state index contributed by atoms with van der Waals surface area (Å²) in [6.45, 7) is 1.73. The van der Waals surface area contributed by atoms with Gasteiger partial charge in [0, 0.05) is 4.88 Å². The first-order valence-electron chi connectivity index (χ1n) is 4.89. The zero-order valence-electron chi connectivity index (χ0n) is 9.03. The molecule has 0 aliphatic rings. The average Bonchev–Trinajstić information content (AvgIpc) is 2.56. The Kier molecular flexibility index (Phi) is 2.85. The van der Waals surface area contributed by atoms with E-state index in [2.05, 4.69) is 0 Å². The number of anilines is 1. The molecular formula is C12H10FNO2S. The van der Waals surface area contributed by atoms with Crippen LogP contribution in [0.3, 0.4) is 0 Å². The molecule has 0 saturated carbocycles. The molecule has 0 bridgehead atoms. The molecule has 1 aromatic heterocycles. The lowest BCUT2D eigenvalue weighted by molar-refractivity contribution is 0.0703. The number of carboxylic acids is 1. The summed E-state index contributed by atoms with van der Waals surface area (Å²) in [5.41, 5.74) is 7.29. The molecule has 17 heavy (non-hydrogen) atoms. The number of halogens is 1. The van der Waals surface area contributed by atoms with Gasteiger partial charge in [-0.2, -0.15) is 0 Å². The van der Waals surface area contributed by atoms with Crippen molar-refractivity contribution in [1.29, 1.82) is 0 Å². The zero-order valence-corrected chi connectivity index (χ0v) is 9.84. The number of carbonyl (C=O) groups is 1. The summed E-state index contributed by atoms with van der Waals surface area (Å²) in [4.78, 5) is 11.7. The van der Waals surface area contributed by atoms with Gasteiger partial charge < -0.3 is 10.8 Å². The highest BCUT2D eigenvalue weighted by molar-refractivity contribution is 7.18. The van der Waals surface area contributed by atoms with E-state index in [9.17, 15) is 9.18 Å². The van der Waals surface area contributed by atoms with Crippen LogP contribution in [0.2, 0.25) is 0 Å². The van der Waals surface area contributed by atoms with Crippen LogP contribution < -0.4 is 5.73 Å². The van der Waals surface area contributed by atoms with Crippen molar-refractivity contribution in [2.24, 2.45) is 0 Å². The van der Waals surface area contributed by atoms with E-state index in [-0.39, 0.29) is 16.4 Å². The summed E-state index contributed by atoms with van der Waals surface area (Å²) in [5, 5.41) is 8.96. The van der Waals surface area contributed by atoms with Gasteiger partial charge in [-0.15, -0.1) is 11.3 Å². The summed E-state index contributed by atoms with van der Waals surface area (Å²) in [6.07, 6.45) is 0. The number of nitrogens with two attached hydrogens (primary N) is 1. The standard InChI is InChI=1S/C12H10FNO2S/c1-6-9(14)11(12(15)16)17-10(6)7-3-2-4-8(13)5-7/h2-5H,14H2,1H3,(H,15,16). The van der Waals surface area contributed by atoms with Crippen molar-refractivity contribution in [3.8, 4) is 10.4 Å². The number of hydrogen-bond donors (Lipinski definition) is 2. The van der Waals surface area contributed by atoms with E-state index in [0.29, 0.717) is 16.0 Å². The lowest BCUT2D eigenvalue weighted by atomic mass is 10.1. The number of benzene rings is 1. The van der Waals surface area contributed by atoms with E-state index in [0.717, 1.165) is 11.3 Å². The van der Waals surface area contributed by atoms with Crippen LogP contribution in [-0.2, 0) is 0 Å². The van der Waals surface area contributed by atoms with Gasteiger partial charge in [0.05, 0.1) is 5.69 Å². The second-order valence-electron chi connectivity index (χ2n) is 3.61. The molecule has 0 saturated heterocycles. The molecule has 1 aromatic carbocycles. The molecule has 2 aromatic rings. The highest BCUT2D eigenvalue weighted by atomic mass is 32.1. The first-order valence-corrected chi connectivity index (χ1v) is 5.70. The molecule has 0 radical (unpaired) electrons. The summed E-state index contributed by atoms with van der Waals surface area (Å²) in [7, 11) is 0. The molecule has 3 nitrogen and oxygen atoms in total. The highest BCUT2D eigenvalue weighted by Gasteiger charge is 2.18. The van der Waals surface area contributed by atoms with Crippen LogP contribution in [0.1, 0.15) is 15.2 Å². The van der Waals surface area contributed by atoms with E-state index in [1.807, 2.05) is 0 Å². The fourth-order valence-electron chi connectivity index (χ4n) is 1.59. The predicted molar refractivity (Wildman–Crippen MR) is 65.8 cm³/mol. The maximum atomic E-state index is 13.1. The monoisotopic (exact) mass is 251 g/mol. The molecule has 0 fully saturated rings. The number of carboxylic acid groups (broad SMARTS) is 1. The highest BCUT2D eigenvalue weighted by Crippen LogP contribution is 2.38. The van der Waals surface area contributed by atoms with Crippen LogP contribution >= 0.6 is 11.3 Å². The van der Waals surface area contributed by atoms with Crippen molar-refractivity contribution in [2.75, 3.05) is 5.73 Å². The molecule has 3 N–H and O–H groups in total. The molecule has 0 spiro atoms. The van der Waals surface area contributed by atoms with Gasteiger partial charge in [0.25, 0.3) is 0 Å². The van der Waals surface area contributed by atoms with Crippen molar-refractivity contribution in [3.63, 3.8) is 0 Å². The van der Waals surface area contributed by atoms with Crippen molar-refractivity contribution >= 4 is 23.0 Å². The van der Waals surface area contributed by atoms with Crippen molar-refractivity contribution in [3.05, 3.63) is 40.5 Å². The number of hydrogen-bond acceptors (Lipinski definition) is 3. The van der Waals surface area contributed by atoms with E-state index < -0.39 is 5.97 Å². The van der Waals surface area contributed by atoms with Crippen LogP contribution in [0.15, 0.2) is 24.3 Å². The predicted octanol–water partition coefficient (Wildman–Crippen LogP) is 3.14. The Labute approximate surface area is 101 Å². The van der Waals surface area contributed by atoms with Crippen LogP contribution in [0.25, 0.3) is 10.4 Å². The van der Waals surface area contributed by atoms with E-state index >= 15 is 0 Å². The summed E-state index contributed by atoms with van der Waals surface area (Å²) in [5.74, 6) is -1.41. The third-order valence-electron chi connectivity index (χ3n) is 2.47. The maximum absolute atomic E-state index is 13.1. The molecule has 0 unspecified atom stereocenters. The summed E-state index contributed by atoms with van der Waals surface area (Å²) < 4.78 is 13.1. The van der Waals surface area contributed by atoms with Gasteiger partial charge in [0.2, 0.25) is 0 Å². The Balaban J connectivity index is 2.61. The Hall–Kier alpha value is -1.88. The number of aromatic carboxylic acids is 1. The van der Waals surface area contributed by atoms with Crippen molar-refractivity contribution in [1.82, 2.24) is 0 Å². The van der Waals surface area contributed by atoms with E-state index in [1.165, 1.54) is 12.1 Å². The minimum Gasteiger partial charge on any atom is -0.477 e. The Morgan fingerprint density at radius 1 is 1.47 bits per heavy atom. The first kappa shape index (κ1) is 11.6. The number of nitrogen functional groups attached to an aromatic ring is 1. The normalized spacial score (nSPS) is 10.5. The lowest BCUT2D eigenvalue weighted by Gasteiger charge is -1.99. The third kappa shape index (κ3) is 2.01. The Bertz CT molecular complexity index is 592. The first-order chi connectivity index (χ1) is 8.00. The fourth-order valence-corrected chi connectivity index (χ4v) is 2.65. The minimum absolute atomic E-state index is 0.0989. The molecule has 5 heteroatoms. The van der Waals surface area contributed by atoms with E-state index in [1.54, 1.807) is 19.1 Å². The number of rotatable bonds is 2. The quantitative estimate of drug-likeness (QED) is 0.861. The lowest BCUT2D eigenvalue weighted by Crippen LogP contribution is -1.97. The van der Waals surface area contributed by atoms with Gasteiger partial charge in [0.1, 0.15) is 10.7 Å². The Morgan fingerprint density at radius 3 is 2.71 bits per heavy atom. The zero-order chi connectivity index (χ0) is 12.6. The SMILES string of the molecule is Cc1c(-c2cccc(F)c2)sc(C(=O)O)c1N. The van der Waals surface area contributed by atoms with Crippen LogP contribution in [0.4, 0.5) is 10.1 Å². The average molecular weight is 251 g/mol. The maximum Gasteiger partial charge on any atom is 0.348 e. The Morgan fingerprint density at radius 2 is 2.18 bits per heavy atom. The fraction of sp³-hybridized carbons (Fsp3) is 0.0833. The van der Waals surface area contributed by atoms with E-state index in [4.69, 9.17) is 10.8 Å². The van der Waals surface area contributed by atoms with Gasteiger partial charge in [-0.3, -0.25) is 0 Å². The molecule has 0 atom stereocenters. The molecule has 2 rings (SSSR count). The van der Waals surface area contributed by atoms with Gasteiger partial charge in [-0.25, -0.2) is 9.18 Å². The third-order valence-corrected chi connectivity index (χ3v) is 3.82. The molecule has 1 heterocycles. The molecule has 0 amide bonds. The van der Waals surface area contributed by atoms with Crippen molar-refractivity contribution in [2.45, 2.75) is 6.92 Å². The van der Waals surface area contributed by atoms with Gasteiger partial charge >= 0.3 is 5.97 Å². The second-order valence-corrected chi connectivity index (χ2v) is 4.64.